The summed E-state index contributed by atoms with van der Waals surface area (Å²) in [4.78, 5) is 8.25. The fourth-order valence-electron chi connectivity index (χ4n) is 1.87. The third-order valence-electron chi connectivity index (χ3n) is 3.84. The number of anilines is 1. The third-order valence-corrected chi connectivity index (χ3v) is 3.84. The van der Waals surface area contributed by atoms with E-state index >= 15 is 0 Å². The van der Waals surface area contributed by atoms with Gasteiger partial charge >= 0.3 is 7.12 Å². The Kier molecular flexibility index (Phi) is 1.74. The fraction of sp³-hybridized carbons (Fsp3) is 0.733. The Morgan fingerprint density at radius 3 is 2.19 bits per heavy atom. The van der Waals surface area contributed by atoms with Crippen molar-refractivity contribution in [3.8, 4) is 0 Å². The van der Waals surface area contributed by atoms with E-state index in [0.29, 0.717) is 0 Å². The van der Waals surface area contributed by atoms with Crippen LogP contribution in [-0.2, 0) is 9.31 Å². The van der Waals surface area contributed by atoms with Crippen LogP contribution in [0, 0.1) is 0 Å². The van der Waals surface area contributed by atoms with E-state index in [1.165, 1.54) is 0 Å². The molecule has 0 bridgehead atoms. The molecule has 2 saturated heterocycles. The number of hydrogen-bond acceptors (Lipinski definition) is 5. The van der Waals surface area contributed by atoms with Crippen LogP contribution >= 0.6 is 0 Å². The largest absolute Gasteiger partial charge is 0.516 e. The lowest BCUT2D eigenvalue weighted by atomic mass is 9.85. The highest BCUT2D eigenvalue weighted by Crippen LogP contribution is 2.36. The summed E-state index contributed by atoms with van der Waals surface area (Å²) in [5, 5.41) is 0. The zero-order chi connectivity index (χ0) is 24.1. The minimum atomic E-state index is -3.49. The lowest BCUT2D eigenvalue weighted by Crippen LogP contribution is -2.41. The molecule has 6 heteroatoms. The molecule has 0 radical (unpaired) electrons. The van der Waals surface area contributed by atoms with Gasteiger partial charge in [0.1, 0.15) is 5.82 Å². The third kappa shape index (κ3) is 2.79. The van der Waals surface area contributed by atoms with Gasteiger partial charge in [0.2, 0.25) is 0 Å². The second-order valence-electron chi connectivity index (χ2n) is 5.82. The van der Waals surface area contributed by atoms with Gasteiger partial charge in [-0.05, 0) is 46.8 Å². The second-order valence-corrected chi connectivity index (χ2v) is 5.82. The predicted octanol–water partition coefficient (Wildman–Crippen LogP) is 1.77. The Bertz CT molecular complexity index is 832. The smallest absolute Gasteiger partial charge is 0.398 e. The number of piperidine rings is 1. The van der Waals surface area contributed by atoms with Crippen LogP contribution in [0.3, 0.4) is 0 Å². The first-order chi connectivity index (χ1) is 13.7. The van der Waals surface area contributed by atoms with Crippen molar-refractivity contribution in [3.05, 3.63) is 12.4 Å². The minimum Gasteiger partial charge on any atom is -0.398 e. The molecule has 0 saturated carbocycles. The summed E-state index contributed by atoms with van der Waals surface area (Å²) in [7, 11) is -0.895. The van der Waals surface area contributed by atoms with Gasteiger partial charge in [-0.3, -0.25) is 4.98 Å². The molecule has 0 atom stereocenters. The van der Waals surface area contributed by atoms with Crippen LogP contribution in [0.25, 0.3) is 0 Å². The van der Waals surface area contributed by atoms with Gasteiger partial charge in [0.05, 0.1) is 23.0 Å². The predicted molar refractivity (Wildman–Crippen MR) is 83.8 cm³/mol. The van der Waals surface area contributed by atoms with E-state index in [9.17, 15) is 0 Å². The number of aromatic nitrogens is 2. The summed E-state index contributed by atoms with van der Waals surface area (Å²) in [5.41, 5.74) is -1.10. The van der Waals surface area contributed by atoms with Gasteiger partial charge in [0, 0.05) is 32.9 Å². The van der Waals surface area contributed by atoms with Crippen LogP contribution in [0.4, 0.5) is 5.82 Å². The summed E-state index contributed by atoms with van der Waals surface area (Å²) < 4.78 is 92.1. The number of nitrogens with zero attached hydrogens (tertiary/aromatic N) is 3. The molecule has 2 aliphatic rings. The van der Waals surface area contributed by atoms with E-state index in [1.807, 2.05) is 27.7 Å². The Morgan fingerprint density at radius 1 is 1.05 bits per heavy atom. The SMILES string of the molecule is [2H]C1([2H])N(c2cnc(B3OC(C)(C)C(C)(C)O3)cn2)C([2H])([2H])C([2H])([2H])C([2H])([2H])C1([2H])[2H]. The monoisotopic (exact) mass is 299 g/mol. The summed E-state index contributed by atoms with van der Waals surface area (Å²) in [5.74, 6) is -0.501. The summed E-state index contributed by atoms with van der Waals surface area (Å²) >= 11 is 0. The van der Waals surface area contributed by atoms with Crippen molar-refractivity contribution in [2.45, 2.75) is 58.0 Å². The molecule has 2 aliphatic heterocycles. The van der Waals surface area contributed by atoms with Crippen molar-refractivity contribution in [2.75, 3.05) is 17.9 Å². The van der Waals surface area contributed by atoms with E-state index < -0.39 is 56.3 Å². The van der Waals surface area contributed by atoms with Gasteiger partial charge in [-0.2, -0.15) is 0 Å². The first-order valence-electron chi connectivity index (χ1n) is 11.6. The molecule has 3 heterocycles. The second kappa shape index (κ2) is 5.25. The summed E-state index contributed by atoms with van der Waals surface area (Å²) in [6.07, 6.45) is -8.23. The Labute approximate surface area is 141 Å². The molecule has 3 rings (SSSR count). The van der Waals surface area contributed by atoms with E-state index in [0.717, 1.165) is 12.4 Å². The summed E-state index contributed by atoms with van der Waals surface area (Å²) in [6.45, 7) is 0.749. The highest BCUT2D eigenvalue weighted by Gasteiger charge is 2.52. The topological polar surface area (TPSA) is 47.5 Å². The number of rotatable bonds is 2. The van der Waals surface area contributed by atoms with Gasteiger partial charge in [-0.1, -0.05) is 0 Å². The molecule has 5 nitrogen and oxygen atoms in total. The lowest BCUT2D eigenvalue weighted by Gasteiger charge is -2.32. The molecule has 0 spiro atoms. The van der Waals surface area contributed by atoms with Gasteiger partial charge in [0.15, 0.2) is 0 Å². The van der Waals surface area contributed by atoms with Crippen molar-refractivity contribution in [1.29, 1.82) is 0 Å². The maximum atomic E-state index is 8.19. The molecule has 1 aromatic heterocycles. The first kappa shape index (κ1) is 6.96. The van der Waals surface area contributed by atoms with Gasteiger partial charge < -0.3 is 14.2 Å². The van der Waals surface area contributed by atoms with Crippen LogP contribution in [-0.4, -0.2) is 41.3 Å². The lowest BCUT2D eigenvalue weighted by molar-refractivity contribution is 0.00578. The molecule has 0 unspecified atom stereocenters. The molecule has 0 N–H and O–H groups in total. The molecule has 21 heavy (non-hydrogen) atoms. The molecule has 1 aromatic rings. The highest BCUT2D eigenvalue weighted by molar-refractivity contribution is 6.61. The van der Waals surface area contributed by atoms with Crippen molar-refractivity contribution < 1.29 is 23.0 Å². The first-order valence-corrected chi connectivity index (χ1v) is 6.63. The Balaban J connectivity index is 2.04. The molecule has 2 fully saturated rings. The fourth-order valence-corrected chi connectivity index (χ4v) is 1.87. The van der Waals surface area contributed by atoms with Crippen LogP contribution in [0.2, 0.25) is 0 Å². The zero-order valence-corrected chi connectivity index (χ0v) is 12.4. The van der Waals surface area contributed by atoms with Gasteiger partial charge in [-0.15, -0.1) is 0 Å². The Hall–Kier alpha value is -1.14. The molecule has 0 aliphatic carbocycles. The molecule has 114 valence electrons. The zero-order valence-electron chi connectivity index (χ0n) is 22.4. The molecular weight excluding hydrogens is 265 g/mol. The van der Waals surface area contributed by atoms with Gasteiger partial charge in [-0.25, -0.2) is 4.98 Å². The van der Waals surface area contributed by atoms with Crippen molar-refractivity contribution in [2.24, 2.45) is 0 Å². The normalized spacial score (nSPS) is 43.4. The number of hydrogen-bond donors (Lipinski definition) is 0. The van der Waals surface area contributed by atoms with E-state index in [-0.39, 0.29) is 10.5 Å². The van der Waals surface area contributed by atoms with Crippen LogP contribution < -0.4 is 10.5 Å². The molecule has 0 amide bonds. The highest BCUT2D eigenvalue weighted by atomic mass is 16.7. The van der Waals surface area contributed by atoms with Crippen LogP contribution in [0.5, 0.6) is 0 Å². The van der Waals surface area contributed by atoms with Crippen molar-refractivity contribution in [1.82, 2.24) is 9.97 Å². The molecule has 0 aromatic carbocycles. The average molecular weight is 299 g/mol. The van der Waals surface area contributed by atoms with E-state index in [4.69, 9.17) is 23.0 Å². The van der Waals surface area contributed by atoms with Crippen LogP contribution in [0.1, 0.15) is 60.5 Å². The van der Waals surface area contributed by atoms with E-state index in [2.05, 4.69) is 9.97 Å². The Morgan fingerprint density at radius 2 is 1.67 bits per heavy atom. The van der Waals surface area contributed by atoms with Gasteiger partial charge in [0.25, 0.3) is 0 Å². The van der Waals surface area contributed by atoms with Crippen molar-refractivity contribution >= 4 is 18.5 Å². The average Bonchev–Trinajstić information content (AvgIpc) is 2.81. The quantitative estimate of drug-likeness (QED) is 0.779. The molecular formula is C15H24BN3O2. The van der Waals surface area contributed by atoms with Crippen molar-refractivity contribution in [3.63, 3.8) is 0 Å². The van der Waals surface area contributed by atoms with E-state index in [1.54, 1.807) is 0 Å². The standard InChI is InChI=1S/C15H24BN3O2/c1-14(2)15(3,4)21-16(20-14)12-10-18-13(11-17-12)19-8-6-5-7-9-19/h10-11H,5-9H2,1-4H3/i5D2,6D2,7D2,8D2,9D2. The maximum absolute atomic E-state index is 8.19. The minimum absolute atomic E-state index is 0.169. The maximum Gasteiger partial charge on any atom is 0.516 e. The van der Waals surface area contributed by atoms with Crippen LogP contribution in [0.15, 0.2) is 12.4 Å². The summed E-state index contributed by atoms with van der Waals surface area (Å²) in [6, 6.07) is 0.